The summed E-state index contributed by atoms with van der Waals surface area (Å²) in [6.45, 7) is 6.53. The number of anilines is 2. The fraction of sp³-hybridized carbons (Fsp3) is 0.333. The highest BCUT2D eigenvalue weighted by Crippen LogP contribution is 2.32. The molecule has 1 unspecified atom stereocenters. The molecule has 1 aliphatic rings. The Morgan fingerprint density at radius 1 is 1.07 bits per heavy atom. The van der Waals surface area contributed by atoms with Gasteiger partial charge in [0.05, 0.1) is 17.3 Å². The molecule has 0 aliphatic heterocycles. The molecular weight excluding hydrogens is 558 g/mol. The molecule has 1 amide bonds. The molecule has 10 heteroatoms. The molecule has 4 rings (SSSR count). The van der Waals surface area contributed by atoms with E-state index in [2.05, 4.69) is 20.9 Å². The Bertz CT molecular complexity index is 1400. The van der Waals surface area contributed by atoms with Crippen LogP contribution < -0.4 is 21.7 Å². The van der Waals surface area contributed by atoms with Crippen LogP contribution in [0.25, 0.3) is 0 Å². The van der Waals surface area contributed by atoms with Gasteiger partial charge in [-0.2, -0.15) is 13.2 Å². The zero-order valence-corrected chi connectivity index (χ0v) is 24.6. The number of alkyl halides is 3. The van der Waals surface area contributed by atoms with Crippen molar-refractivity contribution in [3.63, 3.8) is 0 Å². The lowest BCUT2D eigenvalue weighted by molar-refractivity contribution is -0.112. The molecule has 1 saturated carbocycles. The Balaban J connectivity index is 0.00000248. The number of aromatic nitrogens is 1. The highest BCUT2D eigenvalue weighted by Gasteiger charge is 2.33. The third kappa shape index (κ3) is 10.0. The van der Waals surface area contributed by atoms with Gasteiger partial charge in [-0.25, -0.2) is 4.39 Å². The summed E-state index contributed by atoms with van der Waals surface area (Å²) in [7, 11) is 0. The number of nitrogens with one attached hydrogen (secondary N) is 3. The Labute approximate surface area is 250 Å². The number of benzene rings is 2. The van der Waals surface area contributed by atoms with Crippen LogP contribution in [-0.4, -0.2) is 23.6 Å². The lowest BCUT2D eigenvalue weighted by Gasteiger charge is -2.21. The van der Waals surface area contributed by atoms with Crippen LogP contribution in [0.1, 0.15) is 62.8 Å². The number of carbonyl (C=O) groups is 1. The standard InChI is InChI=1S/C31H33F4N5O.C2H6/c1-2-5-24(31(33,34)35)16-28(39-25-8-3-6-21(14-25)17-36)30(41)40-27-15-22(11-12-26(27)32)29(38-18-20-9-10-20)23-7-4-13-37-19-23;1-2/h3-8,11-16,19-20,29,38-39H,2,9-10,17-18,36H2,1H3,(H,40,41);1-2H3/b24-5-,28-16-;. The normalized spacial score (nSPS) is 14.4. The van der Waals surface area contributed by atoms with Crippen LogP contribution in [-0.2, 0) is 11.3 Å². The summed E-state index contributed by atoms with van der Waals surface area (Å²) in [5.41, 5.74) is 6.75. The first-order chi connectivity index (χ1) is 20.7. The highest BCUT2D eigenvalue weighted by atomic mass is 19.4. The van der Waals surface area contributed by atoms with E-state index in [0.29, 0.717) is 22.7 Å². The van der Waals surface area contributed by atoms with Crippen LogP contribution >= 0.6 is 0 Å². The van der Waals surface area contributed by atoms with Crippen molar-refractivity contribution in [2.75, 3.05) is 17.2 Å². The summed E-state index contributed by atoms with van der Waals surface area (Å²) >= 11 is 0. The molecule has 1 fully saturated rings. The zero-order chi connectivity index (χ0) is 31.4. The molecule has 6 nitrogen and oxygen atoms in total. The first-order valence-electron chi connectivity index (χ1n) is 14.5. The van der Waals surface area contributed by atoms with E-state index < -0.39 is 29.2 Å². The Kier molecular flexibility index (Phi) is 12.5. The van der Waals surface area contributed by atoms with Crippen molar-refractivity contribution in [2.45, 2.75) is 58.8 Å². The predicted molar refractivity (Wildman–Crippen MR) is 164 cm³/mol. The predicted octanol–water partition coefficient (Wildman–Crippen LogP) is 7.63. The molecule has 1 heterocycles. The summed E-state index contributed by atoms with van der Waals surface area (Å²) in [5, 5.41) is 8.74. The minimum Gasteiger partial charge on any atom is -0.351 e. The first kappa shape index (κ1) is 33.5. The van der Waals surface area contributed by atoms with Crippen LogP contribution in [0.4, 0.5) is 28.9 Å². The average molecular weight is 598 g/mol. The third-order valence-corrected chi connectivity index (χ3v) is 6.63. The molecule has 0 radical (unpaired) electrons. The number of allylic oxidation sites excluding steroid dienone is 3. The fourth-order valence-corrected chi connectivity index (χ4v) is 4.31. The molecule has 0 spiro atoms. The second-order valence-electron chi connectivity index (χ2n) is 9.92. The van der Waals surface area contributed by atoms with Gasteiger partial charge in [0.15, 0.2) is 0 Å². The van der Waals surface area contributed by atoms with Crippen molar-refractivity contribution in [3.8, 4) is 0 Å². The summed E-state index contributed by atoms with van der Waals surface area (Å²) in [5.74, 6) is -1.09. The number of nitrogens with two attached hydrogens (primary N) is 1. The van der Waals surface area contributed by atoms with Gasteiger partial charge in [0.25, 0.3) is 5.91 Å². The quantitative estimate of drug-likeness (QED) is 0.0979. The molecule has 0 bridgehead atoms. The monoisotopic (exact) mass is 597 g/mol. The van der Waals surface area contributed by atoms with Crippen LogP contribution in [0, 0.1) is 11.7 Å². The Morgan fingerprint density at radius 2 is 1.84 bits per heavy atom. The Morgan fingerprint density at radius 3 is 2.47 bits per heavy atom. The smallest absolute Gasteiger partial charge is 0.351 e. The van der Waals surface area contributed by atoms with Gasteiger partial charge in [-0.05, 0) is 84.8 Å². The molecule has 2 aromatic carbocycles. The number of carbonyl (C=O) groups excluding carboxylic acids is 1. The van der Waals surface area contributed by atoms with E-state index in [1.807, 2.05) is 19.9 Å². The first-order valence-corrected chi connectivity index (χ1v) is 14.5. The second-order valence-corrected chi connectivity index (χ2v) is 9.92. The van der Waals surface area contributed by atoms with Gasteiger partial charge >= 0.3 is 6.18 Å². The topological polar surface area (TPSA) is 92.1 Å². The SMILES string of the molecule is CC.CC/C=C(/C=C(\Nc1cccc(CN)c1)C(=O)Nc1cc(C(NCC2CC2)c2cccnc2)ccc1F)C(F)(F)F. The molecule has 43 heavy (non-hydrogen) atoms. The van der Waals surface area contributed by atoms with E-state index >= 15 is 0 Å². The molecule has 5 N–H and O–H groups in total. The number of nitrogens with zero attached hydrogens (tertiary/aromatic N) is 1. The number of hydrogen-bond donors (Lipinski definition) is 4. The highest BCUT2D eigenvalue weighted by molar-refractivity contribution is 6.06. The van der Waals surface area contributed by atoms with E-state index in [0.717, 1.165) is 37.1 Å². The van der Waals surface area contributed by atoms with Crippen molar-refractivity contribution >= 4 is 17.3 Å². The van der Waals surface area contributed by atoms with Crippen LogP contribution in [0.2, 0.25) is 0 Å². The van der Waals surface area contributed by atoms with E-state index in [4.69, 9.17) is 5.73 Å². The van der Waals surface area contributed by atoms with Crippen molar-refractivity contribution in [1.29, 1.82) is 0 Å². The number of halogens is 4. The minimum absolute atomic E-state index is 0.100. The minimum atomic E-state index is -4.70. The zero-order valence-electron chi connectivity index (χ0n) is 24.6. The van der Waals surface area contributed by atoms with Crippen LogP contribution in [0.5, 0.6) is 0 Å². The third-order valence-electron chi connectivity index (χ3n) is 6.63. The lowest BCUT2D eigenvalue weighted by atomic mass is 9.99. The molecule has 0 saturated heterocycles. The van der Waals surface area contributed by atoms with Gasteiger partial charge in [0.1, 0.15) is 11.5 Å². The van der Waals surface area contributed by atoms with Gasteiger partial charge in [-0.3, -0.25) is 9.78 Å². The van der Waals surface area contributed by atoms with E-state index in [1.165, 1.54) is 12.1 Å². The maximum absolute atomic E-state index is 15.0. The Hall–Kier alpha value is -4.02. The number of rotatable bonds is 12. The molecule has 1 aromatic heterocycles. The van der Waals surface area contributed by atoms with E-state index in [-0.39, 0.29) is 24.7 Å². The number of hydrogen-bond acceptors (Lipinski definition) is 5. The lowest BCUT2D eigenvalue weighted by Crippen LogP contribution is -2.25. The van der Waals surface area contributed by atoms with Gasteiger partial charge in [0, 0.05) is 24.6 Å². The molecular formula is C33H39F4N5O. The number of pyridine rings is 1. The molecule has 230 valence electrons. The summed E-state index contributed by atoms with van der Waals surface area (Å²) in [6, 6.07) is 14.4. The average Bonchev–Trinajstić information content (AvgIpc) is 3.84. The van der Waals surface area contributed by atoms with Gasteiger partial charge in [0.2, 0.25) is 0 Å². The molecule has 1 atom stereocenters. The summed E-state index contributed by atoms with van der Waals surface area (Å²) in [6.07, 6.45) is 2.76. The van der Waals surface area contributed by atoms with Crippen molar-refractivity contribution in [2.24, 2.45) is 11.7 Å². The molecule has 3 aromatic rings. The summed E-state index contributed by atoms with van der Waals surface area (Å²) < 4.78 is 56.3. The van der Waals surface area contributed by atoms with Gasteiger partial charge < -0.3 is 21.7 Å². The van der Waals surface area contributed by atoms with Crippen molar-refractivity contribution in [1.82, 2.24) is 10.3 Å². The second kappa shape index (κ2) is 16.0. The largest absolute Gasteiger partial charge is 0.416 e. The van der Waals surface area contributed by atoms with E-state index in [1.54, 1.807) is 55.7 Å². The molecule has 1 aliphatic carbocycles. The maximum atomic E-state index is 15.0. The van der Waals surface area contributed by atoms with Crippen molar-refractivity contribution in [3.05, 3.63) is 113 Å². The van der Waals surface area contributed by atoms with Crippen LogP contribution in [0.15, 0.2) is 90.4 Å². The van der Waals surface area contributed by atoms with Gasteiger partial charge in [-0.15, -0.1) is 0 Å². The maximum Gasteiger partial charge on any atom is 0.416 e. The van der Waals surface area contributed by atoms with Gasteiger partial charge in [-0.1, -0.05) is 51.1 Å². The van der Waals surface area contributed by atoms with Crippen molar-refractivity contribution < 1.29 is 22.4 Å². The van der Waals surface area contributed by atoms with Crippen LogP contribution in [0.3, 0.4) is 0 Å². The summed E-state index contributed by atoms with van der Waals surface area (Å²) in [4.78, 5) is 17.6. The fourth-order valence-electron chi connectivity index (χ4n) is 4.31. The number of amides is 1. The van der Waals surface area contributed by atoms with E-state index in [9.17, 15) is 22.4 Å².